The second kappa shape index (κ2) is 9.61. The van der Waals surface area contributed by atoms with Crippen LogP contribution in [0.2, 0.25) is 0 Å². The minimum absolute atomic E-state index is 0.0384. The van der Waals surface area contributed by atoms with Gasteiger partial charge in [-0.3, -0.25) is 14.5 Å². The third-order valence-corrected chi connectivity index (χ3v) is 12.5. The van der Waals surface area contributed by atoms with Crippen LogP contribution in [0.25, 0.3) is 0 Å². The molecule has 5 unspecified atom stereocenters. The molecule has 0 radical (unpaired) electrons. The van der Waals surface area contributed by atoms with Crippen LogP contribution in [0.3, 0.4) is 0 Å². The molecule has 0 aromatic carbocycles. The summed E-state index contributed by atoms with van der Waals surface area (Å²) in [7, 11) is 0. The Bertz CT molecular complexity index is 1070. The summed E-state index contributed by atoms with van der Waals surface area (Å²) in [6, 6.07) is 0. The van der Waals surface area contributed by atoms with Crippen LogP contribution < -0.4 is 0 Å². The first-order valence-corrected chi connectivity index (χ1v) is 15.9. The molecule has 6 fully saturated rings. The molecule has 0 spiro atoms. The van der Waals surface area contributed by atoms with Gasteiger partial charge in [0.15, 0.2) is 23.5 Å². The van der Waals surface area contributed by atoms with Gasteiger partial charge in [-0.1, -0.05) is 50.8 Å². The van der Waals surface area contributed by atoms with Gasteiger partial charge in [-0.25, -0.2) is 0 Å². The van der Waals surface area contributed by atoms with E-state index >= 15 is 0 Å². The number of carbonyl (C=O) groups excluding carboxylic acids is 2. The van der Waals surface area contributed by atoms with Crippen molar-refractivity contribution < 1.29 is 24.2 Å². The number of rotatable bonds is 4. The highest BCUT2D eigenvalue weighted by Gasteiger charge is 2.76. The Balaban J connectivity index is 1.25. The zero-order valence-corrected chi connectivity index (χ0v) is 23.9. The van der Waals surface area contributed by atoms with Gasteiger partial charge in [-0.15, -0.1) is 0 Å². The maximum atomic E-state index is 14.5. The van der Waals surface area contributed by atoms with E-state index in [9.17, 15) is 14.7 Å². The van der Waals surface area contributed by atoms with Crippen molar-refractivity contribution in [1.82, 2.24) is 4.90 Å². The number of ketones is 2. The van der Waals surface area contributed by atoms with E-state index in [2.05, 4.69) is 30.9 Å². The van der Waals surface area contributed by atoms with Gasteiger partial charge in [0.05, 0.1) is 18.8 Å². The van der Waals surface area contributed by atoms with Crippen LogP contribution in [0.15, 0.2) is 23.8 Å². The molecular weight excluding hydrogens is 490 g/mol. The molecule has 9 atom stereocenters. The first kappa shape index (κ1) is 26.6. The van der Waals surface area contributed by atoms with Crippen molar-refractivity contribution >= 4 is 11.6 Å². The Kier molecular flexibility index (Phi) is 6.54. The third-order valence-electron chi connectivity index (χ3n) is 12.5. The van der Waals surface area contributed by atoms with E-state index in [0.29, 0.717) is 25.3 Å². The molecule has 39 heavy (non-hydrogen) atoms. The van der Waals surface area contributed by atoms with E-state index in [-0.39, 0.29) is 47.1 Å². The first-order valence-electron chi connectivity index (χ1n) is 15.9. The molecule has 5 aliphatic carbocycles. The number of ether oxygens (including phenoxy) is 2. The van der Waals surface area contributed by atoms with E-state index in [1.165, 1.54) is 24.8 Å². The Morgan fingerprint density at radius 1 is 1.10 bits per heavy atom. The lowest BCUT2D eigenvalue weighted by atomic mass is 9.46. The molecule has 214 valence electrons. The second-order valence-corrected chi connectivity index (χ2v) is 14.4. The number of fused-ring (bicyclic) bond motifs is 7. The molecule has 6 heteroatoms. The lowest BCUT2D eigenvalue weighted by Gasteiger charge is -2.59. The first-order chi connectivity index (χ1) is 18.8. The van der Waals surface area contributed by atoms with Gasteiger partial charge in [0.2, 0.25) is 0 Å². The van der Waals surface area contributed by atoms with E-state index in [1.807, 2.05) is 0 Å². The normalized spacial score (nSPS) is 48.2. The molecule has 4 saturated carbocycles. The van der Waals surface area contributed by atoms with Crippen LogP contribution in [-0.4, -0.2) is 65.3 Å². The van der Waals surface area contributed by atoms with E-state index in [0.717, 1.165) is 58.0 Å². The van der Waals surface area contributed by atoms with E-state index in [1.54, 1.807) is 6.08 Å². The number of hydrogen-bond donors (Lipinski definition) is 1. The minimum Gasteiger partial charge on any atom is -0.393 e. The third kappa shape index (κ3) is 3.87. The van der Waals surface area contributed by atoms with Gasteiger partial charge in [-0.05, 0) is 82.4 Å². The quantitative estimate of drug-likeness (QED) is 0.509. The summed E-state index contributed by atoms with van der Waals surface area (Å²) in [5, 5.41) is 12.0. The predicted molar refractivity (Wildman–Crippen MR) is 148 cm³/mol. The molecular formula is C33H47NO5. The maximum Gasteiger partial charge on any atom is 0.181 e. The van der Waals surface area contributed by atoms with Crippen LogP contribution in [0.4, 0.5) is 0 Å². The lowest BCUT2D eigenvalue weighted by molar-refractivity contribution is -0.208. The number of aliphatic hydroxyl groups is 1. The van der Waals surface area contributed by atoms with Gasteiger partial charge in [0.25, 0.3) is 0 Å². The second-order valence-electron chi connectivity index (χ2n) is 14.4. The largest absolute Gasteiger partial charge is 0.393 e. The van der Waals surface area contributed by atoms with Crippen molar-refractivity contribution in [2.45, 2.75) is 115 Å². The Morgan fingerprint density at radius 2 is 1.87 bits per heavy atom. The lowest BCUT2D eigenvalue weighted by Crippen LogP contribution is -2.64. The highest BCUT2D eigenvalue weighted by Crippen LogP contribution is 2.70. The summed E-state index contributed by atoms with van der Waals surface area (Å²) < 4.78 is 13.9. The predicted octanol–water partition coefficient (Wildman–Crippen LogP) is 4.99. The summed E-state index contributed by atoms with van der Waals surface area (Å²) in [6.45, 7) is 6.87. The highest BCUT2D eigenvalue weighted by molar-refractivity contribution is 5.92. The SMILES string of the molecule is CC12C=CC(=O)CC=C1CCC1C2C(O)CC2(C)[C@H]1C[C@H]1O[C@@H](C3CCCCC3)O[C@]12C(=O)CN1CCCC1. The Morgan fingerprint density at radius 3 is 2.64 bits per heavy atom. The van der Waals surface area contributed by atoms with Crippen LogP contribution in [-0.2, 0) is 19.1 Å². The summed E-state index contributed by atoms with van der Waals surface area (Å²) in [4.78, 5) is 29.2. The van der Waals surface area contributed by atoms with E-state index < -0.39 is 17.1 Å². The van der Waals surface area contributed by atoms with Crippen molar-refractivity contribution in [1.29, 1.82) is 0 Å². The molecule has 6 nitrogen and oxygen atoms in total. The van der Waals surface area contributed by atoms with Gasteiger partial charge in [0, 0.05) is 29.1 Å². The summed E-state index contributed by atoms with van der Waals surface area (Å²) in [5.74, 6) is 1.24. The van der Waals surface area contributed by atoms with Crippen molar-refractivity contribution in [3.05, 3.63) is 23.8 Å². The number of allylic oxidation sites excluding steroid dienone is 4. The smallest absolute Gasteiger partial charge is 0.181 e. The van der Waals surface area contributed by atoms with Crippen LogP contribution >= 0.6 is 0 Å². The zero-order valence-electron chi connectivity index (χ0n) is 23.9. The Labute approximate surface area is 233 Å². The van der Waals surface area contributed by atoms with Crippen molar-refractivity contribution in [2.75, 3.05) is 19.6 Å². The summed E-state index contributed by atoms with van der Waals surface area (Å²) in [6.07, 6.45) is 16.8. The van der Waals surface area contributed by atoms with Crippen LogP contribution in [0.1, 0.15) is 90.9 Å². The topological polar surface area (TPSA) is 76.1 Å². The number of likely N-dealkylation sites (tertiary alicyclic amines) is 1. The number of aliphatic hydroxyl groups excluding tert-OH is 1. The maximum absolute atomic E-state index is 14.5. The molecule has 0 aromatic rings. The fourth-order valence-electron chi connectivity index (χ4n) is 10.6. The van der Waals surface area contributed by atoms with E-state index in [4.69, 9.17) is 9.47 Å². The number of hydrogen-bond acceptors (Lipinski definition) is 6. The summed E-state index contributed by atoms with van der Waals surface area (Å²) in [5.41, 5.74) is -0.482. The molecule has 0 aromatic heterocycles. The van der Waals surface area contributed by atoms with Gasteiger partial charge in [0.1, 0.15) is 0 Å². The molecule has 7 aliphatic rings. The van der Waals surface area contributed by atoms with Crippen molar-refractivity contribution in [3.63, 3.8) is 0 Å². The number of Topliss-reactive ketones (excluding diaryl/α,β-unsaturated/α-hetero) is 1. The van der Waals surface area contributed by atoms with Crippen LogP contribution in [0.5, 0.6) is 0 Å². The molecule has 0 bridgehead atoms. The van der Waals surface area contributed by atoms with Crippen molar-refractivity contribution in [3.8, 4) is 0 Å². The summed E-state index contributed by atoms with van der Waals surface area (Å²) >= 11 is 0. The van der Waals surface area contributed by atoms with Gasteiger partial charge >= 0.3 is 0 Å². The fourth-order valence-corrected chi connectivity index (χ4v) is 10.6. The standard InChI is InChI=1S/C33H47NO5/c1-31-15-14-23(35)12-10-22(31)11-13-24-25-18-28-33(27(37)20-34-16-6-7-17-34,32(25,2)19-26(36)29(24)31)39-30(38-28)21-8-4-3-5-9-21/h10,14-15,21,24-26,28-30,36H,3-9,11-13,16-20H2,1-2H3/t24?,25-,26?,28+,29?,30+,31?,32?,33+/m0/s1. The highest BCUT2D eigenvalue weighted by atomic mass is 16.7. The average Bonchev–Trinajstić information content (AvgIpc) is 3.60. The van der Waals surface area contributed by atoms with Crippen molar-refractivity contribution in [2.24, 2.45) is 34.5 Å². The number of nitrogens with zero attached hydrogens (tertiary/aromatic N) is 1. The number of carbonyl (C=O) groups is 2. The van der Waals surface area contributed by atoms with Gasteiger partial charge < -0.3 is 14.6 Å². The Hall–Kier alpha value is -1.34. The molecule has 1 N–H and O–H groups in total. The monoisotopic (exact) mass is 537 g/mol. The zero-order chi connectivity index (χ0) is 27.0. The van der Waals surface area contributed by atoms with Crippen LogP contribution in [0, 0.1) is 34.5 Å². The molecule has 2 aliphatic heterocycles. The molecule has 2 saturated heterocycles. The molecule has 2 heterocycles. The minimum atomic E-state index is -0.986. The van der Waals surface area contributed by atoms with Gasteiger partial charge in [-0.2, -0.15) is 0 Å². The fraction of sp³-hybridized carbons (Fsp3) is 0.818. The molecule has 0 amide bonds. The average molecular weight is 538 g/mol. The molecule has 7 rings (SSSR count).